The molecule has 0 aromatic heterocycles. The van der Waals surface area contributed by atoms with Crippen molar-refractivity contribution < 1.29 is 28.7 Å². The molecule has 0 saturated carbocycles. The Morgan fingerprint density at radius 3 is 2.28 bits per heavy atom. The van der Waals surface area contributed by atoms with Crippen LogP contribution in [0.25, 0.3) is 0 Å². The standard InChI is InChI=1S/C20H29N3O6/c1-4-28-18(25)12-21-19(26)16(10-14(2)3)23-17(24)11-22-20(27)29-13-15-8-6-5-7-9-15/h5-9,14,16H,4,10-13H2,1-3H3,(H,21,26)(H,22,27)(H,23,24)/t16-/m0/s1. The van der Waals surface area contributed by atoms with Crippen LogP contribution in [0.1, 0.15) is 32.8 Å². The van der Waals surface area contributed by atoms with Gasteiger partial charge in [-0.25, -0.2) is 4.79 Å². The number of esters is 1. The lowest BCUT2D eigenvalue weighted by Gasteiger charge is -2.20. The van der Waals surface area contributed by atoms with Crippen molar-refractivity contribution in [3.05, 3.63) is 35.9 Å². The minimum atomic E-state index is -0.834. The summed E-state index contributed by atoms with van der Waals surface area (Å²) in [6.07, 6.45) is -0.366. The number of carbonyl (C=O) groups is 4. The first-order chi connectivity index (χ1) is 13.8. The van der Waals surface area contributed by atoms with E-state index in [9.17, 15) is 19.2 Å². The summed E-state index contributed by atoms with van der Waals surface area (Å²) in [5, 5.41) is 7.34. The van der Waals surface area contributed by atoms with Crippen LogP contribution in [0.2, 0.25) is 0 Å². The summed E-state index contributed by atoms with van der Waals surface area (Å²) in [6.45, 7) is 5.15. The van der Waals surface area contributed by atoms with Crippen LogP contribution in [0.3, 0.4) is 0 Å². The molecule has 0 aliphatic carbocycles. The molecule has 0 saturated heterocycles. The molecule has 9 nitrogen and oxygen atoms in total. The van der Waals surface area contributed by atoms with E-state index < -0.39 is 29.9 Å². The molecule has 0 aliphatic rings. The first-order valence-corrected chi connectivity index (χ1v) is 9.49. The second kappa shape index (κ2) is 13.1. The second-order valence-electron chi connectivity index (χ2n) is 6.69. The average Bonchev–Trinajstić information content (AvgIpc) is 2.69. The molecule has 3 amide bonds. The summed E-state index contributed by atoms with van der Waals surface area (Å²) < 4.78 is 9.77. The van der Waals surface area contributed by atoms with Gasteiger partial charge >= 0.3 is 12.1 Å². The number of ether oxygens (including phenoxy) is 2. The van der Waals surface area contributed by atoms with Gasteiger partial charge in [0.1, 0.15) is 25.7 Å². The van der Waals surface area contributed by atoms with Gasteiger partial charge in [0.05, 0.1) is 6.61 Å². The van der Waals surface area contributed by atoms with Gasteiger partial charge in [-0.3, -0.25) is 14.4 Å². The Morgan fingerprint density at radius 2 is 1.66 bits per heavy atom. The van der Waals surface area contributed by atoms with Crippen LogP contribution >= 0.6 is 0 Å². The van der Waals surface area contributed by atoms with E-state index in [1.165, 1.54) is 0 Å². The molecule has 0 heterocycles. The highest BCUT2D eigenvalue weighted by Gasteiger charge is 2.22. The van der Waals surface area contributed by atoms with Crippen LogP contribution in [0.15, 0.2) is 30.3 Å². The largest absolute Gasteiger partial charge is 0.465 e. The van der Waals surface area contributed by atoms with Gasteiger partial charge in [0.15, 0.2) is 0 Å². The summed E-state index contributed by atoms with van der Waals surface area (Å²) in [5.41, 5.74) is 0.822. The highest BCUT2D eigenvalue weighted by molar-refractivity contribution is 5.90. The van der Waals surface area contributed by atoms with Crippen LogP contribution in [0, 0.1) is 5.92 Å². The maximum Gasteiger partial charge on any atom is 0.407 e. The molecule has 0 spiro atoms. The number of benzene rings is 1. The van der Waals surface area contributed by atoms with Gasteiger partial charge in [-0.2, -0.15) is 0 Å². The molecular weight excluding hydrogens is 378 g/mol. The van der Waals surface area contributed by atoms with E-state index in [2.05, 4.69) is 16.0 Å². The summed E-state index contributed by atoms with van der Waals surface area (Å²) in [5.74, 6) is -1.47. The van der Waals surface area contributed by atoms with Crippen molar-refractivity contribution in [1.29, 1.82) is 0 Å². The Morgan fingerprint density at radius 1 is 0.966 bits per heavy atom. The zero-order valence-electron chi connectivity index (χ0n) is 17.0. The number of hydrogen-bond donors (Lipinski definition) is 3. The van der Waals surface area contributed by atoms with Crippen LogP contribution in [0.4, 0.5) is 4.79 Å². The minimum Gasteiger partial charge on any atom is -0.465 e. The summed E-state index contributed by atoms with van der Waals surface area (Å²) in [4.78, 5) is 47.5. The zero-order chi connectivity index (χ0) is 21.6. The molecule has 1 rings (SSSR count). The van der Waals surface area contributed by atoms with E-state index >= 15 is 0 Å². The minimum absolute atomic E-state index is 0.0839. The van der Waals surface area contributed by atoms with Gasteiger partial charge in [0.25, 0.3) is 0 Å². The zero-order valence-corrected chi connectivity index (χ0v) is 17.0. The topological polar surface area (TPSA) is 123 Å². The number of nitrogens with one attached hydrogen (secondary N) is 3. The summed E-state index contributed by atoms with van der Waals surface area (Å²) in [7, 11) is 0. The Bertz CT molecular complexity index is 678. The second-order valence-corrected chi connectivity index (χ2v) is 6.69. The average molecular weight is 407 g/mol. The third kappa shape index (κ3) is 10.7. The van der Waals surface area contributed by atoms with Crippen LogP contribution in [0.5, 0.6) is 0 Å². The van der Waals surface area contributed by atoms with Crippen molar-refractivity contribution in [3.8, 4) is 0 Å². The third-order valence-corrected chi connectivity index (χ3v) is 3.68. The number of carbonyl (C=O) groups excluding carboxylic acids is 4. The molecule has 0 fully saturated rings. The predicted molar refractivity (Wildman–Crippen MR) is 106 cm³/mol. The fourth-order valence-electron chi connectivity index (χ4n) is 2.37. The summed E-state index contributed by atoms with van der Waals surface area (Å²) in [6, 6.07) is 8.29. The molecule has 1 aromatic rings. The van der Waals surface area contributed by atoms with E-state index in [-0.39, 0.29) is 32.2 Å². The van der Waals surface area contributed by atoms with Crippen molar-refractivity contribution in [2.24, 2.45) is 5.92 Å². The highest BCUT2D eigenvalue weighted by atomic mass is 16.5. The first kappa shape index (κ1) is 23.9. The monoisotopic (exact) mass is 407 g/mol. The Balaban J connectivity index is 2.43. The van der Waals surface area contributed by atoms with Crippen molar-refractivity contribution in [2.75, 3.05) is 19.7 Å². The third-order valence-electron chi connectivity index (χ3n) is 3.68. The van der Waals surface area contributed by atoms with Gasteiger partial charge in [-0.1, -0.05) is 44.2 Å². The van der Waals surface area contributed by atoms with Crippen LogP contribution in [-0.2, 0) is 30.5 Å². The first-order valence-electron chi connectivity index (χ1n) is 9.49. The van der Waals surface area contributed by atoms with Crippen molar-refractivity contribution in [1.82, 2.24) is 16.0 Å². The lowest BCUT2D eigenvalue weighted by atomic mass is 10.0. The molecule has 160 valence electrons. The number of rotatable bonds is 11. The van der Waals surface area contributed by atoms with Crippen LogP contribution < -0.4 is 16.0 Å². The fraction of sp³-hybridized carbons (Fsp3) is 0.500. The van der Waals surface area contributed by atoms with E-state index in [0.717, 1.165) is 5.56 Å². The molecule has 0 bridgehead atoms. The van der Waals surface area contributed by atoms with Gasteiger partial charge < -0.3 is 25.4 Å². The molecule has 9 heteroatoms. The predicted octanol–water partition coefficient (Wildman–Crippen LogP) is 1.12. The van der Waals surface area contributed by atoms with E-state index in [1.54, 1.807) is 6.92 Å². The quantitative estimate of drug-likeness (QED) is 0.473. The van der Waals surface area contributed by atoms with Crippen molar-refractivity contribution in [2.45, 2.75) is 39.8 Å². The smallest absolute Gasteiger partial charge is 0.407 e. The molecule has 1 atom stereocenters. The van der Waals surface area contributed by atoms with Crippen LogP contribution in [-0.4, -0.2) is 49.6 Å². The maximum absolute atomic E-state index is 12.3. The van der Waals surface area contributed by atoms with E-state index in [1.807, 2.05) is 44.2 Å². The number of hydrogen-bond acceptors (Lipinski definition) is 6. The van der Waals surface area contributed by atoms with E-state index in [0.29, 0.717) is 6.42 Å². The molecule has 0 unspecified atom stereocenters. The van der Waals surface area contributed by atoms with Gasteiger partial charge in [-0.15, -0.1) is 0 Å². The molecule has 1 aromatic carbocycles. The Labute approximate surface area is 170 Å². The van der Waals surface area contributed by atoms with Gasteiger partial charge in [0.2, 0.25) is 11.8 Å². The maximum atomic E-state index is 12.3. The van der Waals surface area contributed by atoms with E-state index in [4.69, 9.17) is 9.47 Å². The Hall–Kier alpha value is -3.10. The number of alkyl carbamates (subject to hydrolysis) is 1. The highest BCUT2D eigenvalue weighted by Crippen LogP contribution is 2.05. The molecular formula is C20H29N3O6. The summed E-state index contributed by atoms with van der Waals surface area (Å²) >= 11 is 0. The van der Waals surface area contributed by atoms with Gasteiger partial charge in [0, 0.05) is 0 Å². The van der Waals surface area contributed by atoms with Gasteiger partial charge in [-0.05, 0) is 24.8 Å². The lowest BCUT2D eigenvalue weighted by molar-refractivity contribution is -0.143. The van der Waals surface area contributed by atoms with Crippen molar-refractivity contribution >= 4 is 23.9 Å². The molecule has 3 N–H and O–H groups in total. The Kier molecular flexibility index (Phi) is 10.8. The normalized spacial score (nSPS) is 11.3. The van der Waals surface area contributed by atoms with Crippen molar-refractivity contribution in [3.63, 3.8) is 0 Å². The molecule has 0 aliphatic heterocycles. The lowest BCUT2D eigenvalue weighted by Crippen LogP contribution is -2.50. The fourth-order valence-corrected chi connectivity index (χ4v) is 2.37. The molecule has 0 radical (unpaired) electrons. The number of amides is 3. The SMILES string of the molecule is CCOC(=O)CNC(=O)[C@H](CC(C)C)NC(=O)CNC(=O)OCc1ccccc1. The molecule has 29 heavy (non-hydrogen) atoms.